The molecule has 2 aromatic rings. The lowest BCUT2D eigenvalue weighted by Crippen LogP contribution is -2.32. The zero-order valence-electron chi connectivity index (χ0n) is 16.6. The van der Waals surface area contributed by atoms with Gasteiger partial charge in [0.15, 0.2) is 5.76 Å². The SMILES string of the molecule is CC(C)(C)c1ccc(-c2ccc(C(=O)N3CC[C@@H]4CNC[C@@H]4CC3)o2)cc1. The summed E-state index contributed by atoms with van der Waals surface area (Å²) in [5.74, 6) is 2.68. The third-order valence-corrected chi connectivity index (χ3v) is 6.16. The van der Waals surface area contributed by atoms with Gasteiger partial charge in [-0.15, -0.1) is 0 Å². The lowest BCUT2D eigenvalue weighted by molar-refractivity contribution is 0.0727. The van der Waals surface area contributed by atoms with Crippen molar-refractivity contribution in [2.45, 2.75) is 39.0 Å². The van der Waals surface area contributed by atoms with Gasteiger partial charge in [-0.2, -0.15) is 0 Å². The van der Waals surface area contributed by atoms with Crippen LogP contribution in [0.3, 0.4) is 0 Å². The van der Waals surface area contributed by atoms with Gasteiger partial charge in [0.2, 0.25) is 0 Å². The Balaban J connectivity index is 1.46. The van der Waals surface area contributed by atoms with E-state index in [4.69, 9.17) is 4.42 Å². The number of furan rings is 1. The molecule has 2 saturated heterocycles. The summed E-state index contributed by atoms with van der Waals surface area (Å²) in [7, 11) is 0. The van der Waals surface area contributed by atoms with Gasteiger partial charge in [-0.1, -0.05) is 45.0 Å². The average molecular weight is 367 g/mol. The first-order valence-electron chi connectivity index (χ1n) is 10.1. The van der Waals surface area contributed by atoms with Crippen LogP contribution in [0.4, 0.5) is 0 Å². The Morgan fingerprint density at radius 2 is 1.63 bits per heavy atom. The molecule has 2 aliphatic rings. The Kier molecular flexibility index (Phi) is 4.85. The van der Waals surface area contributed by atoms with Crippen molar-refractivity contribution in [1.82, 2.24) is 10.2 Å². The van der Waals surface area contributed by atoms with Crippen LogP contribution in [0.1, 0.15) is 49.7 Å². The first-order valence-corrected chi connectivity index (χ1v) is 10.1. The van der Waals surface area contributed by atoms with Gasteiger partial charge in [0, 0.05) is 18.7 Å². The largest absolute Gasteiger partial charge is 0.451 e. The molecule has 27 heavy (non-hydrogen) atoms. The molecule has 0 aliphatic carbocycles. The Bertz CT molecular complexity index is 787. The number of fused-ring (bicyclic) bond motifs is 1. The minimum Gasteiger partial charge on any atom is -0.451 e. The molecule has 4 heteroatoms. The molecular formula is C23H30N2O2. The Morgan fingerprint density at radius 1 is 1.00 bits per heavy atom. The quantitative estimate of drug-likeness (QED) is 0.861. The molecular weight excluding hydrogens is 336 g/mol. The van der Waals surface area contributed by atoms with Crippen LogP contribution in [0.5, 0.6) is 0 Å². The predicted molar refractivity (Wildman–Crippen MR) is 108 cm³/mol. The number of nitrogens with zero attached hydrogens (tertiary/aromatic N) is 1. The molecule has 0 spiro atoms. The maximum atomic E-state index is 12.9. The second-order valence-corrected chi connectivity index (χ2v) is 9.04. The van der Waals surface area contributed by atoms with Crippen LogP contribution < -0.4 is 5.32 Å². The van der Waals surface area contributed by atoms with Crippen molar-refractivity contribution in [2.75, 3.05) is 26.2 Å². The van der Waals surface area contributed by atoms with Gasteiger partial charge in [0.05, 0.1) is 0 Å². The third kappa shape index (κ3) is 3.81. The fraction of sp³-hybridized carbons (Fsp3) is 0.522. The van der Waals surface area contributed by atoms with Crippen LogP contribution in [0.2, 0.25) is 0 Å². The third-order valence-electron chi connectivity index (χ3n) is 6.16. The number of rotatable bonds is 2. The molecule has 1 amide bonds. The summed E-state index contributed by atoms with van der Waals surface area (Å²) in [5.41, 5.74) is 2.43. The highest BCUT2D eigenvalue weighted by Gasteiger charge is 2.32. The van der Waals surface area contributed by atoms with Crippen LogP contribution >= 0.6 is 0 Å². The van der Waals surface area contributed by atoms with Gasteiger partial charge in [-0.25, -0.2) is 0 Å². The Labute approximate surface area is 161 Å². The first kappa shape index (κ1) is 18.3. The van der Waals surface area contributed by atoms with E-state index in [1.807, 2.05) is 17.0 Å². The van der Waals surface area contributed by atoms with Crippen LogP contribution in [0, 0.1) is 11.8 Å². The number of carbonyl (C=O) groups is 1. The van der Waals surface area contributed by atoms with Crippen molar-refractivity contribution < 1.29 is 9.21 Å². The zero-order valence-corrected chi connectivity index (χ0v) is 16.6. The van der Waals surface area contributed by atoms with Crippen LogP contribution in [0.25, 0.3) is 11.3 Å². The van der Waals surface area contributed by atoms with Crippen LogP contribution in [-0.4, -0.2) is 37.0 Å². The summed E-state index contributed by atoms with van der Waals surface area (Å²) in [4.78, 5) is 14.9. The molecule has 2 aliphatic heterocycles. The van der Waals surface area contributed by atoms with E-state index in [9.17, 15) is 4.79 Å². The zero-order chi connectivity index (χ0) is 19.0. The number of benzene rings is 1. The number of hydrogen-bond acceptors (Lipinski definition) is 3. The van der Waals surface area contributed by atoms with E-state index in [0.717, 1.165) is 62.2 Å². The second kappa shape index (κ2) is 7.16. The van der Waals surface area contributed by atoms with E-state index < -0.39 is 0 Å². The molecule has 2 atom stereocenters. The summed E-state index contributed by atoms with van der Waals surface area (Å²) < 4.78 is 5.94. The van der Waals surface area contributed by atoms with E-state index in [2.05, 4.69) is 50.4 Å². The number of carbonyl (C=O) groups excluding carboxylic acids is 1. The van der Waals surface area contributed by atoms with Crippen molar-refractivity contribution >= 4 is 5.91 Å². The highest BCUT2D eigenvalue weighted by atomic mass is 16.4. The lowest BCUT2D eigenvalue weighted by Gasteiger charge is -2.19. The summed E-state index contributed by atoms with van der Waals surface area (Å²) >= 11 is 0. The molecule has 0 saturated carbocycles. The van der Waals surface area contributed by atoms with E-state index in [-0.39, 0.29) is 11.3 Å². The Hall–Kier alpha value is -2.07. The monoisotopic (exact) mass is 366 g/mol. The molecule has 2 fully saturated rings. The highest BCUT2D eigenvalue weighted by Crippen LogP contribution is 2.30. The van der Waals surface area contributed by atoms with Crippen LogP contribution in [-0.2, 0) is 5.41 Å². The fourth-order valence-corrected chi connectivity index (χ4v) is 4.32. The molecule has 4 nitrogen and oxygen atoms in total. The van der Waals surface area contributed by atoms with Crippen molar-refractivity contribution in [1.29, 1.82) is 0 Å². The standard InChI is InChI=1S/C23H30N2O2/c1-23(2,3)19-6-4-16(5-7-19)20-8-9-21(27-20)22(26)25-12-10-17-14-24-15-18(17)11-13-25/h4-9,17-18,24H,10-15H2,1-3H3/t17-,18+. The van der Waals surface area contributed by atoms with Crippen molar-refractivity contribution in [2.24, 2.45) is 11.8 Å². The van der Waals surface area contributed by atoms with E-state index in [1.165, 1.54) is 5.56 Å². The van der Waals surface area contributed by atoms with Crippen molar-refractivity contribution in [3.8, 4) is 11.3 Å². The molecule has 4 rings (SSSR count). The minimum absolute atomic E-state index is 0.0282. The summed E-state index contributed by atoms with van der Waals surface area (Å²) in [5, 5.41) is 3.48. The molecule has 0 bridgehead atoms. The maximum absolute atomic E-state index is 12.9. The van der Waals surface area contributed by atoms with E-state index in [1.54, 1.807) is 0 Å². The first-order chi connectivity index (χ1) is 12.9. The summed E-state index contributed by atoms with van der Waals surface area (Å²) in [6.45, 7) is 10.5. The fourth-order valence-electron chi connectivity index (χ4n) is 4.32. The van der Waals surface area contributed by atoms with Gasteiger partial charge in [0.1, 0.15) is 5.76 Å². The lowest BCUT2D eigenvalue weighted by atomic mass is 9.86. The smallest absolute Gasteiger partial charge is 0.289 e. The number of nitrogens with one attached hydrogen (secondary N) is 1. The van der Waals surface area contributed by atoms with E-state index >= 15 is 0 Å². The molecule has 3 heterocycles. The molecule has 1 N–H and O–H groups in total. The second-order valence-electron chi connectivity index (χ2n) is 9.04. The topological polar surface area (TPSA) is 45.5 Å². The highest BCUT2D eigenvalue weighted by molar-refractivity contribution is 5.92. The molecule has 144 valence electrons. The number of hydrogen-bond donors (Lipinski definition) is 1. The molecule has 1 aromatic heterocycles. The molecule has 0 unspecified atom stereocenters. The average Bonchev–Trinajstić information content (AvgIpc) is 3.27. The predicted octanol–water partition coefficient (Wildman–Crippen LogP) is 4.32. The van der Waals surface area contributed by atoms with Gasteiger partial charge < -0.3 is 14.6 Å². The van der Waals surface area contributed by atoms with Crippen LogP contribution in [0.15, 0.2) is 40.8 Å². The van der Waals surface area contributed by atoms with Gasteiger partial charge >= 0.3 is 0 Å². The van der Waals surface area contributed by atoms with E-state index in [0.29, 0.717) is 5.76 Å². The molecule has 0 radical (unpaired) electrons. The van der Waals surface area contributed by atoms with Gasteiger partial charge in [-0.3, -0.25) is 4.79 Å². The number of likely N-dealkylation sites (tertiary alicyclic amines) is 1. The normalized spacial score (nSPS) is 23.1. The number of amides is 1. The summed E-state index contributed by atoms with van der Waals surface area (Å²) in [6, 6.07) is 12.2. The Morgan fingerprint density at radius 3 is 2.22 bits per heavy atom. The van der Waals surface area contributed by atoms with Gasteiger partial charge in [0.25, 0.3) is 5.91 Å². The van der Waals surface area contributed by atoms with Crippen molar-refractivity contribution in [3.05, 3.63) is 47.7 Å². The minimum atomic E-state index is 0.0282. The maximum Gasteiger partial charge on any atom is 0.289 e. The van der Waals surface area contributed by atoms with Gasteiger partial charge in [-0.05, 0) is 60.9 Å². The summed E-state index contributed by atoms with van der Waals surface area (Å²) in [6.07, 6.45) is 2.18. The molecule has 1 aromatic carbocycles. The van der Waals surface area contributed by atoms with Crippen molar-refractivity contribution in [3.63, 3.8) is 0 Å².